The van der Waals surface area contributed by atoms with Crippen LogP contribution in [0.4, 0.5) is 15.9 Å². The molecular formula is C33H39FN4O3S. The van der Waals surface area contributed by atoms with Crippen molar-refractivity contribution < 1.29 is 18.1 Å². The number of rotatable bonds is 10. The molecule has 7 nitrogen and oxygen atoms in total. The van der Waals surface area contributed by atoms with Crippen LogP contribution in [0.25, 0.3) is 6.08 Å². The van der Waals surface area contributed by atoms with Crippen molar-refractivity contribution in [2.24, 2.45) is 0 Å². The molecule has 0 saturated carbocycles. The van der Waals surface area contributed by atoms with Gasteiger partial charge in [-0.3, -0.25) is 13.9 Å². The molecule has 2 aliphatic rings. The largest absolute Gasteiger partial charge is 0.378 e. The van der Waals surface area contributed by atoms with E-state index in [4.69, 9.17) is 4.74 Å². The Balaban J connectivity index is 1.42. The number of anilines is 2. The maximum Gasteiger partial charge on any atom is 0.166 e. The number of aldehydes is 1. The van der Waals surface area contributed by atoms with Crippen molar-refractivity contribution in [3.8, 4) is 0 Å². The lowest BCUT2D eigenvalue weighted by atomic mass is 9.91. The van der Waals surface area contributed by atoms with E-state index in [1.807, 2.05) is 80.2 Å². The summed E-state index contributed by atoms with van der Waals surface area (Å²) in [4.78, 5) is 21.4. The molecular weight excluding hydrogens is 551 g/mol. The highest BCUT2D eigenvalue weighted by Gasteiger charge is 2.47. The van der Waals surface area contributed by atoms with E-state index in [1.54, 1.807) is 18.5 Å². The van der Waals surface area contributed by atoms with Crippen LogP contribution in [-0.4, -0.2) is 66.0 Å². The van der Waals surface area contributed by atoms with Gasteiger partial charge in [-0.1, -0.05) is 35.9 Å². The van der Waals surface area contributed by atoms with Gasteiger partial charge < -0.3 is 15.0 Å². The van der Waals surface area contributed by atoms with Crippen LogP contribution in [0.3, 0.4) is 0 Å². The number of para-hydroxylation sites is 1. The molecule has 9 heteroatoms. The number of hydrogen-bond donors (Lipinski definition) is 1. The van der Waals surface area contributed by atoms with Crippen molar-refractivity contribution in [2.75, 3.05) is 50.3 Å². The molecule has 5 rings (SSSR count). The summed E-state index contributed by atoms with van der Waals surface area (Å²) in [6.45, 7) is 6.10. The SMILES string of the molecule is Cc1cc(C=O)c(C=CC(c2cnc(N3CC4(CCCO4)C3)c(F)c2)N(C)C)c([C@@H](C)Nc2ccccc2S(C)=O)c1. The molecule has 42 heavy (non-hydrogen) atoms. The topological polar surface area (TPSA) is 74.8 Å². The number of pyridine rings is 1. The van der Waals surface area contributed by atoms with Crippen molar-refractivity contribution in [3.05, 3.63) is 88.4 Å². The first kappa shape index (κ1) is 30.1. The fraction of sp³-hybridized carbons (Fsp3) is 0.394. The number of likely N-dealkylation sites (N-methyl/N-ethyl adjacent to an activating group) is 1. The fourth-order valence-corrected chi connectivity index (χ4v) is 6.77. The fourth-order valence-electron chi connectivity index (χ4n) is 6.06. The van der Waals surface area contributed by atoms with Crippen LogP contribution in [-0.2, 0) is 15.5 Å². The number of benzene rings is 2. The maximum absolute atomic E-state index is 15.3. The zero-order valence-electron chi connectivity index (χ0n) is 24.9. The van der Waals surface area contributed by atoms with Crippen LogP contribution in [0, 0.1) is 12.7 Å². The summed E-state index contributed by atoms with van der Waals surface area (Å²) in [6, 6.07) is 12.6. The molecule has 1 spiro atoms. The third-order valence-electron chi connectivity index (χ3n) is 8.18. The number of nitrogens with one attached hydrogen (secondary N) is 1. The molecule has 2 aromatic carbocycles. The highest BCUT2D eigenvalue weighted by Crippen LogP contribution is 2.38. The Morgan fingerprint density at radius 3 is 2.62 bits per heavy atom. The van der Waals surface area contributed by atoms with Gasteiger partial charge in [0.15, 0.2) is 17.9 Å². The highest BCUT2D eigenvalue weighted by atomic mass is 32.2. The number of aryl methyl sites for hydroxylation is 1. The first-order valence-corrected chi connectivity index (χ1v) is 15.8. The lowest BCUT2D eigenvalue weighted by molar-refractivity contribution is -0.0187. The third-order valence-corrected chi connectivity index (χ3v) is 9.15. The van der Waals surface area contributed by atoms with Gasteiger partial charge in [-0.2, -0.15) is 0 Å². The van der Waals surface area contributed by atoms with E-state index < -0.39 is 10.8 Å². The molecule has 3 aromatic rings. The minimum atomic E-state index is -1.16. The van der Waals surface area contributed by atoms with E-state index in [1.165, 1.54) is 0 Å². The predicted octanol–water partition coefficient (Wildman–Crippen LogP) is 5.94. The Bertz CT molecular complexity index is 1510. The summed E-state index contributed by atoms with van der Waals surface area (Å²) in [7, 11) is 2.71. The van der Waals surface area contributed by atoms with Gasteiger partial charge in [0.2, 0.25) is 0 Å². The monoisotopic (exact) mass is 590 g/mol. The van der Waals surface area contributed by atoms with Gasteiger partial charge in [-0.15, -0.1) is 0 Å². The molecule has 2 aliphatic heterocycles. The third kappa shape index (κ3) is 6.19. The summed E-state index contributed by atoms with van der Waals surface area (Å²) in [5, 5.41) is 3.50. The summed E-state index contributed by atoms with van der Waals surface area (Å²) < 4.78 is 33.5. The average molecular weight is 591 g/mol. The number of carbonyl (C=O) groups is 1. The smallest absolute Gasteiger partial charge is 0.166 e. The molecule has 0 amide bonds. The zero-order valence-corrected chi connectivity index (χ0v) is 25.7. The van der Waals surface area contributed by atoms with E-state index in [2.05, 4.69) is 16.4 Å². The van der Waals surface area contributed by atoms with E-state index in [9.17, 15) is 9.00 Å². The molecule has 0 aliphatic carbocycles. The molecule has 0 radical (unpaired) electrons. The highest BCUT2D eigenvalue weighted by molar-refractivity contribution is 7.84. The number of aromatic nitrogens is 1. The number of ether oxygens (including phenoxy) is 1. The Morgan fingerprint density at radius 2 is 1.98 bits per heavy atom. The molecule has 3 heterocycles. The molecule has 2 unspecified atom stereocenters. The molecule has 3 atom stereocenters. The van der Waals surface area contributed by atoms with Crippen molar-refractivity contribution in [1.82, 2.24) is 9.88 Å². The lowest BCUT2D eigenvalue weighted by Gasteiger charge is -2.47. The van der Waals surface area contributed by atoms with E-state index in [-0.39, 0.29) is 23.5 Å². The molecule has 0 bridgehead atoms. The number of hydrogen-bond acceptors (Lipinski definition) is 7. The second-order valence-electron chi connectivity index (χ2n) is 11.6. The zero-order chi connectivity index (χ0) is 30.0. The van der Waals surface area contributed by atoms with Crippen LogP contribution in [0.1, 0.15) is 64.5 Å². The first-order valence-electron chi connectivity index (χ1n) is 14.3. The van der Waals surface area contributed by atoms with Crippen LogP contribution in [0.5, 0.6) is 0 Å². The Labute approximate surface area is 250 Å². The van der Waals surface area contributed by atoms with Gasteiger partial charge in [-0.25, -0.2) is 9.37 Å². The standard InChI is InChI=1S/C33H39FN4O3S/c1-22-15-25(19-39)26(27(16-22)23(2)36-29-9-6-7-10-31(29)42(5)40)11-12-30(37(3)4)24-17-28(34)32(35-18-24)38-20-33(21-38)13-8-14-41-33/h6-7,9-12,15-19,23,30,36H,8,13-14,20-21H2,1-5H3/t23-,30?,42?/m1/s1. The molecule has 2 fully saturated rings. The second-order valence-corrected chi connectivity index (χ2v) is 13.0. The van der Waals surface area contributed by atoms with Crippen molar-refractivity contribution >= 4 is 34.7 Å². The molecule has 1 N–H and O–H groups in total. The van der Waals surface area contributed by atoms with Crippen LogP contribution < -0.4 is 10.2 Å². The number of nitrogens with zero attached hydrogens (tertiary/aromatic N) is 3. The quantitative estimate of drug-likeness (QED) is 0.293. The van der Waals surface area contributed by atoms with Crippen molar-refractivity contribution in [2.45, 2.75) is 49.3 Å². The number of carbonyl (C=O) groups excluding carboxylic acids is 1. The van der Waals surface area contributed by atoms with E-state index in [0.717, 1.165) is 58.6 Å². The van der Waals surface area contributed by atoms with Gasteiger partial charge in [0.1, 0.15) is 5.60 Å². The van der Waals surface area contributed by atoms with Crippen LogP contribution in [0.2, 0.25) is 0 Å². The van der Waals surface area contributed by atoms with Crippen molar-refractivity contribution in [3.63, 3.8) is 0 Å². The summed E-state index contributed by atoms with van der Waals surface area (Å²) >= 11 is 0. The number of halogens is 1. The maximum atomic E-state index is 15.3. The van der Waals surface area contributed by atoms with E-state index >= 15 is 4.39 Å². The van der Waals surface area contributed by atoms with Gasteiger partial charge in [0, 0.05) is 30.7 Å². The summed E-state index contributed by atoms with van der Waals surface area (Å²) in [5.74, 6) is 0.00798. The average Bonchev–Trinajstić information content (AvgIpc) is 3.43. The summed E-state index contributed by atoms with van der Waals surface area (Å²) in [6.07, 6.45) is 10.2. The van der Waals surface area contributed by atoms with Crippen LogP contribution >= 0.6 is 0 Å². The van der Waals surface area contributed by atoms with Gasteiger partial charge in [0.25, 0.3) is 0 Å². The van der Waals surface area contributed by atoms with Crippen molar-refractivity contribution in [1.29, 1.82) is 0 Å². The minimum absolute atomic E-state index is 0.134. The van der Waals surface area contributed by atoms with Gasteiger partial charge >= 0.3 is 0 Å². The molecule has 2 saturated heterocycles. The Kier molecular flexibility index (Phi) is 8.92. The second kappa shape index (κ2) is 12.5. The van der Waals surface area contributed by atoms with Gasteiger partial charge in [0.05, 0.1) is 40.5 Å². The van der Waals surface area contributed by atoms with E-state index in [0.29, 0.717) is 24.5 Å². The lowest BCUT2D eigenvalue weighted by Crippen LogP contribution is -2.62. The molecule has 222 valence electrons. The van der Waals surface area contributed by atoms with Gasteiger partial charge in [-0.05, 0) is 81.7 Å². The Hall–Kier alpha value is -3.40. The van der Waals surface area contributed by atoms with Crippen LogP contribution in [0.15, 0.2) is 59.6 Å². The minimum Gasteiger partial charge on any atom is -0.378 e. The molecule has 1 aromatic heterocycles. The predicted molar refractivity (Wildman–Crippen MR) is 167 cm³/mol. The summed E-state index contributed by atoms with van der Waals surface area (Å²) in [5.41, 5.74) is 4.62. The Morgan fingerprint density at radius 1 is 1.21 bits per heavy atom. The normalized spacial score (nSPS) is 18.3. The first-order chi connectivity index (χ1) is 20.1.